The van der Waals surface area contributed by atoms with Gasteiger partial charge in [0.2, 0.25) is 0 Å². The topological polar surface area (TPSA) is 0 Å². The van der Waals surface area contributed by atoms with Crippen molar-refractivity contribution in [1.29, 1.82) is 0 Å². The van der Waals surface area contributed by atoms with E-state index in [-0.39, 0.29) is 39.0 Å². The molecule has 0 saturated carbocycles. The summed E-state index contributed by atoms with van der Waals surface area (Å²) in [6.45, 7) is 0. The van der Waals surface area contributed by atoms with Crippen molar-refractivity contribution in [2.75, 3.05) is 0 Å². The zero-order chi connectivity index (χ0) is 10.3. The SMILES string of the molecule is Clc1[c-]c2cc3[c-]cccc3cc2cc1.[Zn].[Zn]. The first-order chi connectivity index (χ1) is 7.33. The van der Waals surface area contributed by atoms with E-state index >= 15 is 0 Å². The molecule has 0 unspecified atom stereocenters. The van der Waals surface area contributed by atoms with Gasteiger partial charge < -0.3 is 0 Å². The summed E-state index contributed by atoms with van der Waals surface area (Å²) in [6, 6.07) is 20.4. The maximum atomic E-state index is 5.90. The Bertz CT molecular complexity index is 650. The van der Waals surface area contributed by atoms with Crippen LogP contribution in [0.5, 0.6) is 0 Å². The van der Waals surface area contributed by atoms with Crippen molar-refractivity contribution in [3.05, 3.63) is 59.6 Å². The number of benzene rings is 3. The number of hydrogen-bond donors (Lipinski definition) is 0. The Morgan fingerprint density at radius 3 is 2.47 bits per heavy atom. The van der Waals surface area contributed by atoms with Gasteiger partial charge in [0, 0.05) is 39.0 Å². The summed E-state index contributed by atoms with van der Waals surface area (Å²) >= 11 is 5.90. The second-order valence-electron chi connectivity index (χ2n) is 3.50. The third kappa shape index (κ3) is 2.94. The zero-order valence-electron chi connectivity index (χ0n) is 9.33. The van der Waals surface area contributed by atoms with Crippen molar-refractivity contribution in [2.45, 2.75) is 0 Å². The van der Waals surface area contributed by atoms with E-state index in [2.05, 4.69) is 30.3 Å². The van der Waals surface area contributed by atoms with E-state index in [0.717, 1.165) is 16.2 Å². The van der Waals surface area contributed by atoms with Crippen LogP contribution in [-0.4, -0.2) is 0 Å². The Balaban J connectivity index is 0.000000722. The van der Waals surface area contributed by atoms with Crippen LogP contribution in [0, 0.1) is 12.1 Å². The second kappa shape index (κ2) is 6.05. The first-order valence-electron chi connectivity index (χ1n) is 4.75. The molecular formula is C14H7ClZn2-2. The van der Waals surface area contributed by atoms with Gasteiger partial charge in [-0.05, 0) is 5.02 Å². The van der Waals surface area contributed by atoms with Gasteiger partial charge in [0.15, 0.2) is 0 Å². The van der Waals surface area contributed by atoms with Crippen LogP contribution in [0.15, 0.2) is 42.5 Å². The van der Waals surface area contributed by atoms with Gasteiger partial charge in [-0.3, -0.25) is 0 Å². The Labute approximate surface area is 131 Å². The van der Waals surface area contributed by atoms with Gasteiger partial charge in [-0.2, -0.15) is 0 Å². The Morgan fingerprint density at radius 1 is 0.882 bits per heavy atom. The van der Waals surface area contributed by atoms with Crippen molar-refractivity contribution in [3.63, 3.8) is 0 Å². The molecule has 76 valence electrons. The Kier molecular flexibility index (Phi) is 5.26. The van der Waals surface area contributed by atoms with Crippen molar-refractivity contribution >= 4 is 33.1 Å². The van der Waals surface area contributed by atoms with Crippen LogP contribution >= 0.6 is 11.6 Å². The minimum Gasteiger partial charge on any atom is -0.147 e. The number of fused-ring (bicyclic) bond motifs is 2. The van der Waals surface area contributed by atoms with E-state index < -0.39 is 0 Å². The van der Waals surface area contributed by atoms with Crippen LogP contribution in [0.3, 0.4) is 0 Å². The molecular weight excluding hydrogens is 334 g/mol. The van der Waals surface area contributed by atoms with Crippen LogP contribution in [0.2, 0.25) is 5.02 Å². The van der Waals surface area contributed by atoms with Crippen LogP contribution < -0.4 is 0 Å². The molecule has 0 N–H and O–H groups in total. The van der Waals surface area contributed by atoms with Gasteiger partial charge >= 0.3 is 0 Å². The quantitative estimate of drug-likeness (QED) is 0.326. The van der Waals surface area contributed by atoms with Gasteiger partial charge in [0.05, 0.1) is 0 Å². The predicted molar refractivity (Wildman–Crippen MR) is 64.1 cm³/mol. The monoisotopic (exact) mass is 338 g/mol. The molecule has 0 amide bonds. The maximum absolute atomic E-state index is 5.90. The smallest absolute Gasteiger partial charge is 0 e. The molecule has 0 aromatic heterocycles. The first kappa shape index (κ1) is 14.8. The molecule has 0 aliphatic carbocycles. The molecule has 3 aromatic carbocycles. The molecule has 0 aliphatic rings. The molecule has 3 heteroatoms. The van der Waals surface area contributed by atoms with Gasteiger partial charge in [-0.15, -0.1) is 87.7 Å². The van der Waals surface area contributed by atoms with E-state index in [1.165, 1.54) is 5.39 Å². The van der Waals surface area contributed by atoms with Crippen LogP contribution in [0.4, 0.5) is 0 Å². The summed E-state index contributed by atoms with van der Waals surface area (Å²) in [5.74, 6) is 0. The van der Waals surface area contributed by atoms with Crippen molar-refractivity contribution in [3.8, 4) is 0 Å². The molecule has 0 radical (unpaired) electrons. The zero-order valence-corrected chi connectivity index (χ0v) is 16.0. The molecule has 0 nitrogen and oxygen atoms in total. The summed E-state index contributed by atoms with van der Waals surface area (Å²) in [6.07, 6.45) is 0. The minimum absolute atomic E-state index is 0. The number of hydrogen-bond acceptors (Lipinski definition) is 0. The first-order valence-corrected chi connectivity index (χ1v) is 5.13. The summed E-state index contributed by atoms with van der Waals surface area (Å²) in [5.41, 5.74) is 0. The molecule has 0 bridgehead atoms. The third-order valence-corrected chi connectivity index (χ3v) is 2.72. The summed E-state index contributed by atoms with van der Waals surface area (Å²) in [7, 11) is 0. The van der Waals surface area contributed by atoms with Gasteiger partial charge in [-0.25, -0.2) is 0 Å². The van der Waals surface area contributed by atoms with E-state index in [0.29, 0.717) is 5.02 Å². The predicted octanol–water partition coefficient (Wildman–Crippen LogP) is 4.24. The summed E-state index contributed by atoms with van der Waals surface area (Å²) in [5, 5.41) is 5.14. The maximum Gasteiger partial charge on any atom is 0 e. The normalized spacial score (nSPS) is 9.71. The van der Waals surface area contributed by atoms with Crippen LogP contribution in [-0.2, 0) is 39.0 Å². The molecule has 0 saturated heterocycles. The van der Waals surface area contributed by atoms with Crippen molar-refractivity contribution < 1.29 is 39.0 Å². The molecule has 0 fully saturated rings. The molecule has 0 spiro atoms. The molecule has 0 heterocycles. The third-order valence-electron chi connectivity index (χ3n) is 2.50. The largest absolute Gasteiger partial charge is 0.147 e. The van der Waals surface area contributed by atoms with Crippen LogP contribution in [0.1, 0.15) is 0 Å². The Hall–Kier alpha value is -0.283. The van der Waals surface area contributed by atoms with E-state index in [1.807, 2.05) is 24.3 Å². The average Bonchev–Trinajstić information content (AvgIpc) is 2.26. The second-order valence-corrected chi connectivity index (χ2v) is 3.91. The minimum atomic E-state index is 0. The molecule has 17 heavy (non-hydrogen) atoms. The summed E-state index contributed by atoms with van der Waals surface area (Å²) in [4.78, 5) is 0. The number of halogens is 1. The summed E-state index contributed by atoms with van der Waals surface area (Å²) < 4.78 is 0. The molecule has 0 atom stereocenters. The molecule has 3 aromatic rings. The van der Waals surface area contributed by atoms with Gasteiger partial charge in [0.1, 0.15) is 0 Å². The van der Waals surface area contributed by atoms with E-state index in [9.17, 15) is 0 Å². The van der Waals surface area contributed by atoms with Crippen molar-refractivity contribution in [2.24, 2.45) is 0 Å². The molecule has 3 rings (SSSR count). The van der Waals surface area contributed by atoms with Gasteiger partial charge in [0.25, 0.3) is 0 Å². The standard InChI is InChI=1S/C14H7Cl.2Zn/c15-14-6-5-12-7-10-3-1-2-4-11(10)8-13(12)9-14;;/h1-3,5-8H;;/q-2;;. The molecule has 0 aliphatic heterocycles. The average molecular weight is 341 g/mol. The van der Waals surface area contributed by atoms with Crippen LogP contribution in [0.25, 0.3) is 21.5 Å². The Morgan fingerprint density at radius 2 is 1.65 bits per heavy atom. The number of rotatable bonds is 0. The fourth-order valence-electron chi connectivity index (χ4n) is 1.77. The van der Waals surface area contributed by atoms with Crippen molar-refractivity contribution in [1.82, 2.24) is 0 Å². The fourth-order valence-corrected chi connectivity index (χ4v) is 1.93. The van der Waals surface area contributed by atoms with E-state index in [1.54, 1.807) is 0 Å². The van der Waals surface area contributed by atoms with Gasteiger partial charge in [-0.1, -0.05) is 0 Å². The van der Waals surface area contributed by atoms with E-state index in [4.69, 9.17) is 11.6 Å². The fraction of sp³-hybridized carbons (Fsp3) is 0.